The third kappa shape index (κ3) is 4.12. The molecule has 5 nitrogen and oxygen atoms in total. The number of carbonyl (C=O) groups is 1. The monoisotopic (exact) mass is 409 g/mol. The Bertz CT molecular complexity index is 919. The van der Waals surface area contributed by atoms with E-state index in [1.165, 1.54) is 0 Å². The number of methoxy groups -OCH3 is 1. The molecule has 1 heterocycles. The number of anilines is 1. The van der Waals surface area contributed by atoms with E-state index >= 15 is 0 Å². The van der Waals surface area contributed by atoms with Gasteiger partial charge in [-0.05, 0) is 36.4 Å². The molecule has 0 aliphatic carbocycles. The summed E-state index contributed by atoms with van der Waals surface area (Å²) in [6.07, 6.45) is 1.60. The highest BCUT2D eigenvalue weighted by atomic mass is 35.5. The van der Waals surface area contributed by atoms with E-state index in [2.05, 4.69) is 10.4 Å². The summed E-state index contributed by atoms with van der Waals surface area (Å²) in [5.41, 5.74) is 1.19. The van der Waals surface area contributed by atoms with E-state index in [9.17, 15) is 4.79 Å². The van der Waals surface area contributed by atoms with Crippen LogP contribution in [0.4, 0.5) is 5.82 Å². The summed E-state index contributed by atoms with van der Waals surface area (Å²) in [7, 11) is 1.56. The number of halogens is 3. The number of ether oxygens (including phenoxy) is 1. The highest BCUT2D eigenvalue weighted by Crippen LogP contribution is 2.27. The van der Waals surface area contributed by atoms with Crippen LogP contribution in [0.25, 0.3) is 0 Å². The summed E-state index contributed by atoms with van der Waals surface area (Å²) < 4.78 is 6.64. The number of carbonyl (C=O) groups excluding carboxylic acids is 1. The van der Waals surface area contributed by atoms with Crippen molar-refractivity contribution in [1.29, 1.82) is 0 Å². The number of rotatable bonds is 5. The fraction of sp³-hybridized carbons (Fsp3) is 0.111. The Balaban J connectivity index is 1.76. The summed E-state index contributed by atoms with van der Waals surface area (Å²) >= 11 is 18.5. The molecule has 8 heteroatoms. The van der Waals surface area contributed by atoms with Crippen molar-refractivity contribution in [3.63, 3.8) is 0 Å². The molecule has 0 radical (unpaired) electrons. The topological polar surface area (TPSA) is 56.1 Å². The average molecular weight is 411 g/mol. The van der Waals surface area contributed by atoms with Crippen molar-refractivity contribution in [2.75, 3.05) is 12.4 Å². The first-order chi connectivity index (χ1) is 12.5. The first kappa shape index (κ1) is 18.6. The standard InChI is InChI=1S/C18H14Cl3N3O2/c1-26-12-7-5-11(6-8-12)18(25)22-17-16(21)10-24(23-17)9-13-14(19)3-2-4-15(13)20/h2-8,10H,9H2,1H3,(H,22,23,25). The fourth-order valence-corrected chi connectivity index (χ4v) is 3.04. The Morgan fingerprint density at radius 2 is 1.73 bits per heavy atom. The average Bonchev–Trinajstić information content (AvgIpc) is 2.97. The molecule has 0 aliphatic heterocycles. The number of nitrogens with one attached hydrogen (secondary N) is 1. The van der Waals surface area contributed by atoms with Crippen LogP contribution in [0, 0.1) is 0 Å². The number of benzene rings is 2. The van der Waals surface area contributed by atoms with Gasteiger partial charge in [-0.2, -0.15) is 5.10 Å². The molecular formula is C18H14Cl3N3O2. The van der Waals surface area contributed by atoms with Gasteiger partial charge >= 0.3 is 0 Å². The predicted octanol–water partition coefficient (Wildman–Crippen LogP) is 5.15. The van der Waals surface area contributed by atoms with E-state index in [-0.39, 0.29) is 11.7 Å². The first-order valence-electron chi connectivity index (χ1n) is 7.59. The van der Waals surface area contributed by atoms with Gasteiger partial charge in [-0.25, -0.2) is 0 Å². The van der Waals surface area contributed by atoms with Gasteiger partial charge in [-0.1, -0.05) is 40.9 Å². The third-order valence-corrected chi connectivity index (χ3v) is 4.67. The number of nitrogens with zero attached hydrogens (tertiary/aromatic N) is 2. The predicted molar refractivity (Wildman–Crippen MR) is 104 cm³/mol. The lowest BCUT2D eigenvalue weighted by Crippen LogP contribution is -2.13. The fourth-order valence-electron chi connectivity index (χ4n) is 2.33. The van der Waals surface area contributed by atoms with E-state index in [1.807, 2.05) is 0 Å². The van der Waals surface area contributed by atoms with Gasteiger partial charge in [0.05, 0.1) is 13.7 Å². The summed E-state index contributed by atoms with van der Waals surface area (Å²) in [6, 6.07) is 12.0. The van der Waals surface area contributed by atoms with Crippen LogP contribution < -0.4 is 10.1 Å². The van der Waals surface area contributed by atoms with Crippen LogP contribution in [0.2, 0.25) is 15.1 Å². The van der Waals surface area contributed by atoms with Crippen LogP contribution in [0.1, 0.15) is 15.9 Å². The van der Waals surface area contributed by atoms with Crippen molar-refractivity contribution in [3.05, 3.63) is 74.9 Å². The van der Waals surface area contributed by atoms with Crippen molar-refractivity contribution in [1.82, 2.24) is 9.78 Å². The van der Waals surface area contributed by atoms with Gasteiger partial charge in [0, 0.05) is 27.4 Å². The Hall–Kier alpha value is -2.21. The van der Waals surface area contributed by atoms with Gasteiger partial charge in [0.1, 0.15) is 10.8 Å². The van der Waals surface area contributed by atoms with E-state index < -0.39 is 0 Å². The Labute approximate surface area is 165 Å². The third-order valence-electron chi connectivity index (χ3n) is 3.68. The lowest BCUT2D eigenvalue weighted by atomic mass is 10.2. The molecule has 0 spiro atoms. The maximum Gasteiger partial charge on any atom is 0.256 e. The van der Waals surface area contributed by atoms with E-state index in [0.29, 0.717) is 32.9 Å². The smallest absolute Gasteiger partial charge is 0.256 e. The van der Waals surface area contributed by atoms with Gasteiger partial charge < -0.3 is 10.1 Å². The van der Waals surface area contributed by atoms with Gasteiger partial charge in [-0.3, -0.25) is 9.48 Å². The molecule has 26 heavy (non-hydrogen) atoms. The summed E-state index contributed by atoms with van der Waals surface area (Å²) in [4.78, 5) is 12.3. The van der Waals surface area contributed by atoms with Crippen LogP contribution in [0.5, 0.6) is 5.75 Å². The molecule has 1 aromatic heterocycles. The normalized spacial score (nSPS) is 10.6. The van der Waals surface area contributed by atoms with Crippen molar-refractivity contribution in [3.8, 4) is 5.75 Å². The number of amides is 1. The quantitative estimate of drug-likeness (QED) is 0.632. The lowest BCUT2D eigenvalue weighted by molar-refractivity contribution is 0.102. The van der Waals surface area contributed by atoms with E-state index in [4.69, 9.17) is 39.5 Å². The van der Waals surface area contributed by atoms with Crippen molar-refractivity contribution in [2.45, 2.75) is 6.54 Å². The minimum Gasteiger partial charge on any atom is -0.497 e. The largest absolute Gasteiger partial charge is 0.497 e. The van der Waals surface area contributed by atoms with E-state index in [0.717, 1.165) is 5.56 Å². The molecule has 1 amide bonds. The van der Waals surface area contributed by atoms with Gasteiger partial charge in [0.15, 0.2) is 5.82 Å². The van der Waals surface area contributed by atoms with Crippen LogP contribution >= 0.6 is 34.8 Å². The second-order valence-electron chi connectivity index (χ2n) is 5.41. The molecule has 2 aromatic carbocycles. The Morgan fingerprint density at radius 3 is 2.35 bits per heavy atom. The lowest BCUT2D eigenvalue weighted by Gasteiger charge is -2.07. The van der Waals surface area contributed by atoms with Gasteiger partial charge in [-0.15, -0.1) is 0 Å². The first-order valence-corrected chi connectivity index (χ1v) is 8.72. The van der Waals surface area contributed by atoms with Crippen LogP contribution in [0.15, 0.2) is 48.7 Å². The second-order valence-corrected chi connectivity index (χ2v) is 6.63. The Morgan fingerprint density at radius 1 is 1.08 bits per heavy atom. The molecule has 1 N–H and O–H groups in total. The maximum atomic E-state index is 12.3. The highest BCUT2D eigenvalue weighted by Gasteiger charge is 2.14. The number of hydrogen-bond donors (Lipinski definition) is 1. The van der Waals surface area contributed by atoms with Crippen molar-refractivity contribution in [2.24, 2.45) is 0 Å². The zero-order valence-corrected chi connectivity index (χ0v) is 15.9. The van der Waals surface area contributed by atoms with Gasteiger partial charge in [0.25, 0.3) is 5.91 Å². The van der Waals surface area contributed by atoms with Crippen molar-refractivity contribution >= 4 is 46.5 Å². The summed E-state index contributed by atoms with van der Waals surface area (Å²) in [6.45, 7) is 0.330. The zero-order valence-electron chi connectivity index (χ0n) is 13.7. The maximum absolute atomic E-state index is 12.3. The molecule has 0 saturated heterocycles. The SMILES string of the molecule is COc1ccc(C(=O)Nc2nn(Cc3c(Cl)cccc3Cl)cc2Cl)cc1. The van der Waals surface area contributed by atoms with Crippen molar-refractivity contribution < 1.29 is 9.53 Å². The highest BCUT2D eigenvalue weighted by molar-refractivity contribution is 6.36. The summed E-state index contributed by atoms with van der Waals surface area (Å²) in [5, 5.41) is 8.37. The van der Waals surface area contributed by atoms with Crippen LogP contribution in [-0.4, -0.2) is 22.8 Å². The number of aromatic nitrogens is 2. The Kier molecular flexibility index (Phi) is 5.71. The minimum absolute atomic E-state index is 0.260. The summed E-state index contributed by atoms with van der Waals surface area (Å²) in [5.74, 6) is 0.603. The zero-order chi connectivity index (χ0) is 18.7. The van der Waals surface area contributed by atoms with Crippen LogP contribution in [0.3, 0.4) is 0 Å². The van der Waals surface area contributed by atoms with Crippen LogP contribution in [-0.2, 0) is 6.54 Å². The van der Waals surface area contributed by atoms with E-state index in [1.54, 1.807) is 60.5 Å². The molecule has 0 unspecified atom stereocenters. The molecule has 134 valence electrons. The molecule has 3 aromatic rings. The molecule has 0 atom stereocenters. The molecule has 0 aliphatic rings. The minimum atomic E-state index is -0.324. The number of hydrogen-bond acceptors (Lipinski definition) is 3. The molecule has 0 bridgehead atoms. The second kappa shape index (κ2) is 7.99. The van der Waals surface area contributed by atoms with Gasteiger partial charge in [0.2, 0.25) is 0 Å². The molecular weight excluding hydrogens is 397 g/mol. The molecule has 0 fully saturated rings. The molecule has 0 saturated carbocycles. The molecule has 3 rings (SSSR count).